The van der Waals surface area contributed by atoms with Crippen molar-refractivity contribution in [2.75, 3.05) is 24.9 Å². The molecule has 0 aliphatic rings. The predicted octanol–water partition coefficient (Wildman–Crippen LogP) is 5.30. The zero-order valence-corrected chi connectivity index (χ0v) is 19.6. The number of ether oxygens (including phenoxy) is 2. The van der Waals surface area contributed by atoms with Gasteiger partial charge in [0, 0.05) is 10.8 Å². The van der Waals surface area contributed by atoms with Crippen LogP contribution in [0, 0.1) is 0 Å². The maximum Gasteiger partial charge on any atom is 0.274 e. The van der Waals surface area contributed by atoms with Crippen LogP contribution in [0.2, 0.25) is 0 Å². The molecule has 0 saturated carbocycles. The third-order valence-electron chi connectivity index (χ3n) is 5.70. The smallest absolute Gasteiger partial charge is 0.274 e. The van der Waals surface area contributed by atoms with Gasteiger partial charge in [0.25, 0.3) is 11.8 Å². The number of benzene rings is 3. The molecule has 0 aliphatic heterocycles. The number of carbonyl (C=O) groups is 2. The highest BCUT2D eigenvalue weighted by Crippen LogP contribution is 2.27. The van der Waals surface area contributed by atoms with E-state index in [0.717, 1.165) is 10.8 Å². The highest BCUT2D eigenvalue weighted by Gasteiger charge is 2.15. The maximum atomic E-state index is 13.0. The third-order valence-corrected chi connectivity index (χ3v) is 5.70. The summed E-state index contributed by atoms with van der Waals surface area (Å²) in [5.74, 6) is 0.320. The molecule has 0 spiro atoms. The third kappa shape index (κ3) is 4.39. The minimum absolute atomic E-state index is 0.214. The molecule has 0 unspecified atom stereocenters. The number of para-hydroxylation sites is 4. The topological polar surface area (TPSA) is 102 Å². The number of amides is 2. The molecule has 8 nitrogen and oxygen atoms in total. The number of carbonyl (C=O) groups excluding carboxylic acids is 2. The van der Waals surface area contributed by atoms with Gasteiger partial charge < -0.3 is 20.1 Å². The number of hydrogen-bond acceptors (Lipinski definition) is 6. The molecule has 178 valence electrons. The number of nitrogens with zero attached hydrogens (tertiary/aromatic N) is 2. The highest BCUT2D eigenvalue weighted by atomic mass is 16.5. The summed E-state index contributed by atoms with van der Waals surface area (Å²) in [4.78, 5) is 35.1. The molecule has 0 atom stereocenters. The monoisotopic (exact) mass is 478 g/mol. The molecule has 8 heteroatoms. The second-order valence-corrected chi connectivity index (χ2v) is 7.91. The molecular weight excluding hydrogens is 456 g/mol. The van der Waals surface area contributed by atoms with Crippen LogP contribution in [0.5, 0.6) is 11.5 Å². The van der Waals surface area contributed by atoms with E-state index in [-0.39, 0.29) is 23.2 Å². The number of aromatic nitrogens is 2. The van der Waals surface area contributed by atoms with Crippen LogP contribution < -0.4 is 20.1 Å². The average Bonchev–Trinajstić information content (AvgIpc) is 2.92. The molecule has 2 N–H and O–H groups in total. The summed E-state index contributed by atoms with van der Waals surface area (Å²) in [5, 5.41) is 7.27. The van der Waals surface area contributed by atoms with E-state index in [1.54, 1.807) is 62.8 Å². The van der Waals surface area contributed by atoms with Crippen molar-refractivity contribution in [2.24, 2.45) is 0 Å². The van der Waals surface area contributed by atoms with Gasteiger partial charge in [0.1, 0.15) is 22.9 Å². The molecule has 3 aromatic carbocycles. The number of fused-ring (bicyclic) bond motifs is 3. The first kappa shape index (κ1) is 22.8. The maximum absolute atomic E-state index is 13.0. The quantitative estimate of drug-likeness (QED) is 0.321. The van der Waals surface area contributed by atoms with Crippen molar-refractivity contribution in [3.8, 4) is 11.5 Å². The Morgan fingerprint density at radius 1 is 0.583 bits per heavy atom. The van der Waals surface area contributed by atoms with E-state index >= 15 is 0 Å². The number of rotatable bonds is 6. The molecule has 2 amide bonds. The van der Waals surface area contributed by atoms with Crippen molar-refractivity contribution in [3.05, 3.63) is 96.3 Å². The average molecular weight is 479 g/mol. The van der Waals surface area contributed by atoms with Crippen LogP contribution in [-0.4, -0.2) is 36.0 Å². The fraction of sp³-hybridized carbons (Fsp3) is 0.0714. The predicted molar refractivity (Wildman–Crippen MR) is 139 cm³/mol. The van der Waals surface area contributed by atoms with Gasteiger partial charge in [-0.2, -0.15) is 0 Å². The van der Waals surface area contributed by atoms with Gasteiger partial charge in [-0.1, -0.05) is 48.5 Å². The van der Waals surface area contributed by atoms with Crippen LogP contribution in [-0.2, 0) is 0 Å². The summed E-state index contributed by atoms with van der Waals surface area (Å²) in [7, 11) is 3.08. The van der Waals surface area contributed by atoms with E-state index in [0.29, 0.717) is 33.9 Å². The van der Waals surface area contributed by atoms with E-state index in [4.69, 9.17) is 9.47 Å². The number of hydrogen-bond donors (Lipinski definition) is 2. The van der Waals surface area contributed by atoms with Gasteiger partial charge in [-0.25, -0.2) is 9.97 Å². The molecule has 36 heavy (non-hydrogen) atoms. The van der Waals surface area contributed by atoms with Crippen molar-refractivity contribution >= 4 is 45.0 Å². The Balaban J connectivity index is 1.50. The lowest BCUT2D eigenvalue weighted by Gasteiger charge is -2.11. The standard InChI is InChI=1S/C28H22N4O4/c1-35-23-9-5-3-7-19(23)31-27(33)21-15-13-17-11-12-18-14-16-22(30-26(18)25(17)29-21)28(34)32-20-8-4-6-10-24(20)36-2/h3-16H,1-2H3,(H,31,33)(H,32,34). The van der Waals surface area contributed by atoms with Gasteiger partial charge in [0.05, 0.1) is 36.6 Å². The molecule has 2 aromatic heterocycles. The van der Waals surface area contributed by atoms with Crippen LogP contribution in [0.15, 0.2) is 84.9 Å². The van der Waals surface area contributed by atoms with Gasteiger partial charge in [0.2, 0.25) is 0 Å². The molecule has 0 radical (unpaired) electrons. The van der Waals surface area contributed by atoms with Gasteiger partial charge in [0.15, 0.2) is 0 Å². The first-order valence-electron chi connectivity index (χ1n) is 11.2. The Kier molecular flexibility index (Phi) is 6.15. The summed E-state index contributed by atoms with van der Waals surface area (Å²) in [5.41, 5.74) is 2.55. The van der Waals surface area contributed by atoms with Crippen molar-refractivity contribution in [2.45, 2.75) is 0 Å². The summed E-state index contributed by atoms with van der Waals surface area (Å²) in [6.45, 7) is 0. The van der Waals surface area contributed by atoms with Crippen LogP contribution in [0.1, 0.15) is 21.0 Å². The second-order valence-electron chi connectivity index (χ2n) is 7.91. The Hall–Kier alpha value is -4.98. The Morgan fingerprint density at radius 2 is 0.972 bits per heavy atom. The molecule has 5 rings (SSSR count). The SMILES string of the molecule is COc1ccccc1NC(=O)c1ccc2ccc3ccc(C(=O)Nc4ccccc4OC)nc3c2n1. The zero-order valence-electron chi connectivity index (χ0n) is 19.6. The minimum Gasteiger partial charge on any atom is -0.495 e. The number of nitrogens with one attached hydrogen (secondary N) is 2. The van der Waals surface area contributed by atoms with Gasteiger partial charge in [-0.05, 0) is 36.4 Å². The lowest BCUT2D eigenvalue weighted by Crippen LogP contribution is -2.15. The normalized spacial score (nSPS) is 10.7. The van der Waals surface area contributed by atoms with Crippen molar-refractivity contribution in [1.82, 2.24) is 9.97 Å². The highest BCUT2D eigenvalue weighted by molar-refractivity contribution is 6.10. The lowest BCUT2D eigenvalue weighted by molar-refractivity contribution is 0.101. The molecule has 0 bridgehead atoms. The van der Waals surface area contributed by atoms with Crippen molar-refractivity contribution < 1.29 is 19.1 Å². The van der Waals surface area contributed by atoms with Gasteiger partial charge in [-0.15, -0.1) is 0 Å². The first-order valence-corrected chi connectivity index (χ1v) is 11.2. The summed E-state index contributed by atoms with van der Waals surface area (Å²) in [6.07, 6.45) is 0. The largest absolute Gasteiger partial charge is 0.495 e. The summed E-state index contributed by atoms with van der Waals surface area (Å²) >= 11 is 0. The first-order chi connectivity index (χ1) is 17.6. The molecule has 5 aromatic rings. The number of pyridine rings is 2. The molecule has 0 fully saturated rings. The Bertz CT molecular complexity index is 1500. The van der Waals surface area contributed by atoms with E-state index in [1.165, 1.54) is 0 Å². The van der Waals surface area contributed by atoms with Gasteiger partial charge in [-0.3, -0.25) is 9.59 Å². The minimum atomic E-state index is -0.386. The number of anilines is 2. The van der Waals surface area contributed by atoms with E-state index in [9.17, 15) is 9.59 Å². The van der Waals surface area contributed by atoms with E-state index in [1.807, 2.05) is 36.4 Å². The van der Waals surface area contributed by atoms with Crippen molar-refractivity contribution in [1.29, 1.82) is 0 Å². The lowest BCUT2D eigenvalue weighted by atomic mass is 10.1. The Morgan fingerprint density at radius 3 is 1.39 bits per heavy atom. The van der Waals surface area contributed by atoms with Crippen molar-refractivity contribution in [3.63, 3.8) is 0 Å². The van der Waals surface area contributed by atoms with E-state index in [2.05, 4.69) is 20.6 Å². The molecule has 0 aliphatic carbocycles. The van der Waals surface area contributed by atoms with Crippen LogP contribution in [0.25, 0.3) is 21.8 Å². The zero-order chi connectivity index (χ0) is 25.1. The second kappa shape index (κ2) is 9.71. The molecule has 0 saturated heterocycles. The Labute approximate surface area is 206 Å². The molecular formula is C28H22N4O4. The van der Waals surface area contributed by atoms with Crippen LogP contribution in [0.4, 0.5) is 11.4 Å². The summed E-state index contributed by atoms with van der Waals surface area (Å²) in [6, 6.07) is 25.0. The molecule has 2 heterocycles. The fourth-order valence-electron chi connectivity index (χ4n) is 3.89. The number of methoxy groups -OCH3 is 2. The summed E-state index contributed by atoms with van der Waals surface area (Å²) < 4.78 is 10.6. The van der Waals surface area contributed by atoms with Crippen LogP contribution in [0.3, 0.4) is 0 Å². The van der Waals surface area contributed by atoms with Gasteiger partial charge >= 0.3 is 0 Å². The van der Waals surface area contributed by atoms with E-state index < -0.39 is 0 Å². The fourth-order valence-corrected chi connectivity index (χ4v) is 3.89. The van der Waals surface area contributed by atoms with Crippen LogP contribution >= 0.6 is 0 Å².